The molecule has 6 rings (SSSR count). The lowest BCUT2D eigenvalue weighted by Crippen LogP contribution is -2.46. The molecule has 244 valence electrons. The second-order valence-corrected chi connectivity index (χ2v) is 15.6. The van der Waals surface area contributed by atoms with Crippen LogP contribution in [0, 0.1) is 31.1 Å². The van der Waals surface area contributed by atoms with E-state index < -0.39 is 19.9 Å². The topological polar surface area (TPSA) is 179 Å². The Bertz CT molecular complexity index is 2030. The van der Waals surface area contributed by atoms with Crippen molar-refractivity contribution in [3.8, 4) is 11.4 Å². The van der Waals surface area contributed by atoms with Gasteiger partial charge in [0.25, 0.3) is 11.4 Å². The summed E-state index contributed by atoms with van der Waals surface area (Å²) in [6.45, 7) is 6.67. The van der Waals surface area contributed by atoms with Gasteiger partial charge in [-0.15, -0.1) is 10.2 Å². The second kappa shape index (κ2) is 11.8. The number of hydrazone groups is 1. The van der Waals surface area contributed by atoms with E-state index in [-0.39, 0.29) is 38.8 Å². The number of anilines is 1. The molecule has 16 heteroatoms. The number of hydrogen-bond donors (Lipinski definition) is 1. The van der Waals surface area contributed by atoms with E-state index in [0.29, 0.717) is 40.8 Å². The van der Waals surface area contributed by atoms with Gasteiger partial charge in [-0.25, -0.2) is 8.42 Å². The van der Waals surface area contributed by atoms with Gasteiger partial charge in [-0.1, -0.05) is 57.2 Å². The molecule has 1 aliphatic heterocycles. The SMILES string of the molecule is Cn1c(Sc2ccc(/C=N\Nc3ccc([N+](=O)[O-])cc3S(=O)(=O)N3C[C@@]4(C)C[C@H]3CC4(C)C)cc2[N+](=O)[O-])nnc1-c1ccccc1. The standard InChI is InChI=1S/C31H32N8O6S2/c1-30(2)16-23-17-31(30,3)19-37(23)47(44,45)27-15-22(38(40)41)11-12-24(27)33-32-18-20-10-13-26(25(14-20)39(42)43)46-29-35-34-28(36(29)4)21-8-6-5-7-9-21/h5-15,18,23,33H,16-17,19H2,1-4H3/b32-18-/t23-,31-/m1/s1. The zero-order valence-electron chi connectivity index (χ0n) is 26.0. The van der Waals surface area contributed by atoms with Crippen LogP contribution >= 0.6 is 11.8 Å². The van der Waals surface area contributed by atoms with Crippen LogP contribution in [0.5, 0.6) is 0 Å². The zero-order valence-corrected chi connectivity index (χ0v) is 27.7. The van der Waals surface area contributed by atoms with Crippen LogP contribution in [-0.4, -0.2) is 56.1 Å². The van der Waals surface area contributed by atoms with Gasteiger partial charge in [0.05, 0.1) is 26.6 Å². The number of nitrogens with one attached hydrogen (secondary N) is 1. The van der Waals surface area contributed by atoms with Crippen molar-refractivity contribution in [1.82, 2.24) is 19.1 Å². The molecule has 1 aromatic heterocycles. The highest BCUT2D eigenvalue weighted by Crippen LogP contribution is 2.60. The third-order valence-electron chi connectivity index (χ3n) is 9.39. The number of nitro benzene ring substituents is 2. The molecule has 2 aliphatic rings. The van der Waals surface area contributed by atoms with Crippen LogP contribution in [0.25, 0.3) is 11.4 Å². The molecule has 0 spiro atoms. The molecule has 1 saturated heterocycles. The maximum atomic E-state index is 13.9. The van der Waals surface area contributed by atoms with E-state index in [1.54, 1.807) is 23.7 Å². The maximum Gasteiger partial charge on any atom is 0.283 e. The monoisotopic (exact) mass is 676 g/mol. The highest BCUT2D eigenvalue weighted by molar-refractivity contribution is 7.99. The first-order chi connectivity index (χ1) is 22.2. The molecule has 47 heavy (non-hydrogen) atoms. The number of non-ortho nitro benzene ring substituents is 1. The highest BCUT2D eigenvalue weighted by atomic mass is 32.2. The van der Waals surface area contributed by atoms with Crippen molar-refractivity contribution in [1.29, 1.82) is 0 Å². The first kappa shape index (κ1) is 32.3. The van der Waals surface area contributed by atoms with E-state index >= 15 is 0 Å². The third-order valence-corrected chi connectivity index (χ3v) is 12.4. The molecule has 2 fully saturated rings. The summed E-state index contributed by atoms with van der Waals surface area (Å²) >= 11 is 1.10. The smallest absolute Gasteiger partial charge is 0.283 e. The van der Waals surface area contributed by atoms with Crippen molar-refractivity contribution >= 4 is 45.1 Å². The zero-order chi connectivity index (χ0) is 33.7. The van der Waals surface area contributed by atoms with E-state index in [2.05, 4.69) is 41.5 Å². The van der Waals surface area contributed by atoms with Crippen LogP contribution in [0.15, 0.2) is 86.8 Å². The van der Waals surface area contributed by atoms with Crippen LogP contribution < -0.4 is 5.43 Å². The highest BCUT2D eigenvalue weighted by Gasteiger charge is 2.60. The molecule has 14 nitrogen and oxygen atoms in total. The normalized spacial score (nSPS) is 20.6. The fraction of sp³-hybridized carbons (Fsp3) is 0.323. The molecule has 2 atom stereocenters. The van der Waals surface area contributed by atoms with Crippen LogP contribution in [0.2, 0.25) is 0 Å². The Balaban J connectivity index is 1.24. The van der Waals surface area contributed by atoms with Crippen molar-refractivity contribution in [3.05, 3.63) is 92.5 Å². The number of piperidine rings is 1. The van der Waals surface area contributed by atoms with Gasteiger partial charge >= 0.3 is 0 Å². The van der Waals surface area contributed by atoms with Crippen LogP contribution in [-0.2, 0) is 17.1 Å². The summed E-state index contributed by atoms with van der Waals surface area (Å²) in [4.78, 5) is 22.5. The molecule has 2 bridgehead atoms. The summed E-state index contributed by atoms with van der Waals surface area (Å²) < 4.78 is 31.1. The molecule has 1 N–H and O–H groups in total. The van der Waals surface area contributed by atoms with Crippen molar-refractivity contribution in [3.63, 3.8) is 0 Å². The van der Waals surface area contributed by atoms with Gasteiger partial charge in [0, 0.05) is 49.0 Å². The summed E-state index contributed by atoms with van der Waals surface area (Å²) in [7, 11) is -2.34. The van der Waals surface area contributed by atoms with Crippen molar-refractivity contribution in [2.24, 2.45) is 23.0 Å². The lowest BCUT2D eigenvalue weighted by atomic mass is 9.69. The van der Waals surface area contributed by atoms with Gasteiger partial charge in [-0.2, -0.15) is 9.41 Å². The minimum atomic E-state index is -4.13. The Hall–Kier alpha value is -4.67. The largest absolute Gasteiger partial charge is 0.305 e. The van der Waals surface area contributed by atoms with Crippen LogP contribution in [0.3, 0.4) is 0 Å². The fourth-order valence-corrected chi connectivity index (χ4v) is 9.14. The van der Waals surface area contributed by atoms with Gasteiger partial charge < -0.3 is 4.57 Å². The number of fused-ring (bicyclic) bond motifs is 2. The predicted octanol–water partition coefficient (Wildman–Crippen LogP) is 6.09. The fourth-order valence-electron chi connectivity index (χ4n) is 6.36. The molecule has 2 heterocycles. The van der Waals surface area contributed by atoms with E-state index in [9.17, 15) is 28.6 Å². The van der Waals surface area contributed by atoms with Gasteiger partial charge in [0.1, 0.15) is 4.90 Å². The number of nitro groups is 2. The summed E-state index contributed by atoms with van der Waals surface area (Å²) in [6, 6.07) is 17.3. The maximum absolute atomic E-state index is 13.9. The molecule has 1 aliphatic carbocycles. The average molecular weight is 677 g/mol. The van der Waals surface area contributed by atoms with Crippen LogP contribution in [0.1, 0.15) is 39.2 Å². The third kappa shape index (κ3) is 5.87. The van der Waals surface area contributed by atoms with E-state index in [1.165, 1.54) is 28.7 Å². The Labute approximate surface area is 275 Å². The Kier molecular flexibility index (Phi) is 8.14. The molecule has 0 radical (unpaired) electrons. The van der Waals surface area contributed by atoms with E-state index in [1.807, 2.05) is 30.3 Å². The van der Waals surface area contributed by atoms with Gasteiger partial charge in [-0.3, -0.25) is 25.7 Å². The summed E-state index contributed by atoms with van der Waals surface area (Å²) in [5, 5.41) is 36.7. The Morgan fingerprint density at radius 1 is 1.00 bits per heavy atom. The molecule has 1 saturated carbocycles. The number of rotatable bonds is 10. The number of hydrogen-bond acceptors (Lipinski definition) is 11. The Morgan fingerprint density at radius 3 is 2.38 bits per heavy atom. The lowest BCUT2D eigenvalue weighted by Gasteiger charge is -2.42. The summed E-state index contributed by atoms with van der Waals surface area (Å²) in [5.41, 5.74) is 3.19. The molecule has 0 unspecified atom stereocenters. The molecular weight excluding hydrogens is 645 g/mol. The minimum Gasteiger partial charge on any atom is -0.305 e. The second-order valence-electron chi connectivity index (χ2n) is 12.7. The number of aromatic nitrogens is 3. The lowest BCUT2D eigenvalue weighted by molar-refractivity contribution is -0.387. The molecule has 3 aromatic carbocycles. The molecule has 4 aromatic rings. The number of nitrogens with zero attached hydrogens (tertiary/aromatic N) is 7. The number of benzene rings is 3. The summed E-state index contributed by atoms with van der Waals surface area (Å²) in [5.74, 6) is 0.619. The first-order valence-electron chi connectivity index (χ1n) is 14.7. The predicted molar refractivity (Wildman–Crippen MR) is 177 cm³/mol. The summed E-state index contributed by atoms with van der Waals surface area (Å²) in [6.07, 6.45) is 2.72. The number of sulfonamides is 1. The van der Waals surface area contributed by atoms with Gasteiger partial charge in [-0.05, 0) is 47.6 Å². The first-order valence-corrected chi connectivity index (χ1v) is 17.0. The van der Waals surface area contributed by atoms with Gasteiger partial charge in [0.2, 0.25) is 10.0 Å². The van der Waals surface area contributed by atoms with Crippen molar-refractivity contribution in [2.75, 3.05) is 12.0 Å². The van der Waals surface area contributed by atoms with Gasteiger partial charge in [0.15, 0.2) is 11.0 Å². The molecule has 0 amide bonds. The Morgan fingerprint density at radius 2 is 1.74 bits per heavy atom. The van der Waals surface area contributed by atoms with Crippen LogP contribution in [0.4, 0.5) is 17.1 Å². The van der Waals surface area contributed by atoms with Crippen molar-refractivity contribution < 1.29 is 18.3 Å². The quantitative estimate of drug-likeness (QED) is 0.117. The van der Waals surface area contributed by atoms with Crippen molar-refractivity contribution in [2.45, 2.75) is 54.6 Å². The average Bonchev–Trinajstić information content (AvgIpc) is 3.64. The van der Waals surface area contributed by atoms with E-state index in [4.69, 9.17) is 0 Å². The minimum absolute atomic E-state index is 0.0340. The van der Waals surface area contributed by atoms with E-state index in [0.717, 1.165) is 23.4 Å². The molecular formula is C31H32N8O6S2.